The van der Waals surface area contributed by atoms with Gasteiger partial charge in [0.05, 0.1) is 0 Å². The van der Waals surface area contributed by atoms with E-state index in [0.717, 1.165) is 22.6 Å². The van der Waals surface area contributed by atoms with Crippen molar-refractivity contribution in [3.05, 3.63) is 64.2 Å². The van der Waals surface area contributed by atoms with Crippen LogP contribution in [0, 0.1) is 13.8 Å². The van der Waals surface area contributed by atoms with Crippen molar-refractivity contribution < 1.29 is 9.53 Å². The molecule has 0 fully saturated rings. The van der Waals surface area contributed by atoms with Gasteiger partial charge in [-0.25, -0.2) is 4.79 Å². The number of benzene rings is 2. The lowest BCUT2D eigenvalue weighted by Gasteiger charge is -2.11. The normalized spacial score (nSPS) is 10.2. The second-order valence-electron chi connectivity index (χ2n) is 5.33. The summed E-state index contributed by atoms with van der Waals surface area (Å²) in [6, 6.07) is 13.5. The lowest BCUT2D eigenvalue weighted by Crippen LogP contribution is -2.38. The van der Waals surface area contributed by atoms with E-state index in [4.69, 9.17) is 16.3 Å². The van der Waals surface area contributed by atoms with Gasteiger partial charge in [0.2, 0.25) is 0 Å². The predicted octanol–water partition coefficient (Wildman–Crippen LogP) is 3.84. The van der Waals surface area contributed by atoms with Crippen LogP contribution in [0.5, 0.6) is 5.75 Å². The molecule has 23 heavy (non-hydrogen) atoms. The van der Waals surface area contributed by atoms with E-state index in [9.17, 15) is 4.79 Å². The highest BCUT2D eigenvalue weighted by Gasteiger charge is 2.04. The van der Waals surface area contributed by atoms with E-state index >= 15 is 0 Å². The Kier molecular flexibility index (Phi) is 6.29. The molecule has 0 saturated heterocycles. The fourth-order valence-electron chi connectivity index (χ4n) is 2.20. The summed E-state index contributed by atoms with van der Waals surface area (Å²) in [7, 11) is 0. The third kappa shape index (κ3) is 5.49. The molecule has 2 N–H and O–H groups in total. The Balaban J connectivity index is 1.69. The van der Waals surface area contributed by atoms with Gasteiger partial charge in [0, 0.05) is 11.6 Å². The van der Waals surface area contributed by atoms with Crippen molar-refractivity contribution in [2.75, 3.05) is 13.3 Å². The van der Waals surface area contributed by atoms with Gasteiger partial charge in [-0.1, -0.05) is 41.9 Å². The second kappa shape index (κ2) is 8.44. The van der Waals surface area contributed by atoms with Crippen LogP contribution in [0.4, 0.5) is 4.79 Å². The smallest absolute Gasteiger partial charge is 0.317 e. The molecule has 0 radical (unpaired) electrons. The van der Waals surface area contributed by atoms with E-state index in [1.54, 1.807) is 0 Å². The summed E-state index contributed by atoms with van der Waals surface area (Å²) >= 11 is 6.11. The number of carbonyl (C=O) groups excluding carboxylic acids is 1. The molecule has 122 valence electrons. The van der Waals surface area contributed by atoms with Gasteiger partial charge in [-0.2, -0.15) is 0 Å². The van der Waals surface area contributed by atoms with Crippen LogP contribution in [-0.4, -0.2) is 19.3 Å². The van der Waals surface area contributed by atoms with Crippen molar-refractivity contribution >= 4 is 17.6 Å². The molecule has 0 unspecified atom stereocenters. The van der Waals surface area contributed by atoms with Crippen LogP contribution >= 0.6 is 11.6 Å². The molecule has 0 aliphatic rings. The molecular weight excluding hydrogens is 312 g/mol. The highest BCUT2D eigenvalue weighted by atomic mass is 35.5. The van der Waals surface area contributed by atoms with Gasteiger partial charge >= 0.3 is 6.03 Å². The molecule has 0 bridgehead atoms. The number of amides is 2. The van der Waals surface area contributed by atoms with Crippen LogP contribution in [0.2, 0.25) is 5.02 Å². The van der Waals surface area contributed by atoms with Crippen LogP contribution in [0.15, 0.2) is 42.5 Å². The maximum atomic E-state index is 11.7. The van der Waals surface area contributed by atoms with E-state index in [-0.39, 0.29) is 12.8 Å². The number of nitrogens with one attached hydrogen (secondary N) is 2. The molecule has 0 heterocycles. The number of hydrogen-bond acceptors (Lipinski definition) is 2. The number of carbonyl (C=O) groups is 1. The van der Waals surface area contributed by atoms with Gasteiger partial charge in [0.15, 0.2) is 6.73 Å². The van der Waals surface area contributed by atoms with Crippen LogP contribution in [0.3, 0.4) is 0 Å². The Hall–Kier alpha value is -2.20. The molecule has 0 aliphatic heterocycles. The van der Waals surface area contributed by atoms with Crippen LogP contribution < -0.4 is 15.4 Å². The highest BCUT2D eigenvalue weighted by Crippen LogP contribution is 2.25. The molecule has 0 atom stereocenters. The third-order valence-electron chi connectivity index (χ3n) is 3.42. The molecule has 0 aromatic heterocycles. The number of urea groups is 1. The number of aryl methyl sites for hydroxylation is 2. The fourth-order valence-corrected chi connectivity index (χ4v) is 2.31. The first-order valence-corrected chi connectivity index (χ1v) is 7.89. The Morgan fingerprint density at radius 3 is 2.39 bits per heavy atom. The van der Waals surface area contributed by atoms with Crippen LogP contribution in [0.1, 0.15) is 16.7 Å². The molecule has 2 amide bonds. The average Bonchev–Trinajstić information content (AvgIpc) is 2.53. The highest BCUT2D eigenvalue weighted by molar-refractivity contribution is 6.32. The minimum absolute atomic E-state index is 0.109. The first kappa shape index (κ1) is 17.2. The summed E-state index contributed by atoms with van der Waals surface area (Å²) < 4.78 is 5.53. The van der Waals surface area contributed by atoms with Crippen molar-refractivity contribution in [2.45, 2.75) is 20.3 Å². The number of ether oxygens (including phenoxy) is 1. The maximum Gasteiger partial charge on any atom is 0.317 e. The van der Waals surface area contributed by atoms with Crippen molar-refractivity contribution in [1.29, 1.82) is 0 Å². The molecule has 0 saturated carbocycles. The summed E-state index contributed by atoms with van der Waals surface area (Å²) in [5, 5.41) is 6.20. The zero-order valence-electron chi connectivity index (χ0n) is 13.4. The minimum atomic E-state index is -0.247. The summed E-state index contributed by atoms with van der Waals surface area (Å²) in [4.78, 5) is 11.7. The number of hydrogen-bond donors (Lipinski definition) is 2. The number of halogens is 1. The standard InChI is InChI=1S/C18H21ClN2O2/c1-13-10-16(11-14(2)17(13)19)23-12-21-18(22)20-9-8-15-6-4-3-5-7-15/h3-7,10-11H,8-9,12H2,1-2H3,(H2,20,21,22). The molecule has 2 aromatic carbocycles. The molecule has 2 aromatic rings. The molecule has 5 heteroatoms. The first-order chi connectivity index (χ1) is 11.1. The van der Waals surface area contributed by atoms with E-state index < -0.39 is 0 Å². The lowest BCUT2D eigenvalue weighted by atomic mass is 10.1. The minimum Gasteiger partial charge on any atom is -0.473 e. The fraction of sp³-hybridized carbons (Fsp3) is 0.278. The van der Waals surface area contributed by atoms with Gasteiger partial charge in [0.1, 0.15) is 5.75 Å². The average molecular weight is 333 g/mol. The summed E-state index contributed by atoms with van der Waals surface area (Å²) in [6.07, 6.45) is 0.796. The Labute approximate surface area is 141 Å². The van der Waals surface area contributed by atoms with Gasteiger partial charge in [-0.3, -0.25) is 0 Å². The summed E-state index contributed by atoms with van der Waals surface area (Å²) in [5.74, 6) is 0.689. The number of rotatable bonds is 6. The quantitative estimate of drug-likeness (QED) is 0.790. The third-order valence-corrected chi connectivity index (χ3v) is 4.02. The molecule has 0 aliphatic carbocycles. The van der Waals surface area contributed by atoms with E-state index in [1.807, 2.05) is 56.3 Å². The molecular formula is C18H21ClN2O2. The van der Waals surface area contributed by atoms with E-state index in [1.165, 1.54) is 5.56 Å². The maximum absolute atomic E-state index is 11.7. The van der Waals surface area contributed by atoms with Crippen molar-refractivity contribution in [3.63, 3.8) is 0 Å². The zero-order valence-corrected chi connectivity index (χ0v) is 14.1. The summed E-state index contributed by atoms with van der Waals surface area (Å²) in [5.41, 5.74) is 3.10. The molecule has 4 nitrogen and oxygen atoms in total. The van der Waals surface area contributed by atoms with Gasteiger partial charge < -0.3 is 15.4 Å². The SMILES string of the molecule is Cc1cc(OCNC(=O)NCCc2ccccc2)cc(C)c1Cl. The Morgan fingerprint density at radius 2 is 1.74 bits per heavy atom. The largest absolute Gasteiger partial charge is 0.473 e. The zero-order chi connectivity index (χ0) is 16.7. The monoisotopic (exact) mass is 332 g/mol. The predicted molar refractivity (Wildman–Crippen MR) is 93.1 cm³/mol. The topological polar surface area (TPSA) is 50.4 Å². The van der Waals surface area contributed by atoms with E-state index in [2.05, 4.69) is 10.6 Å². The van der Waals surface area contributed by atoms with Gasteiger partial charge in [0.25, 0.3) is 0 Å². The van der Waals surface area contributed by atoms with Crippen molar-refractivity contribution in [1.82, 2.24) is 10.6 Å². The van der Waals surface area contributed by atoms with E-state index in [0.29, 0.717) is 12.3 Å². The summed E-state index contributed by atoms with van der Waals surface area (Å²) in [6.45, 7) is 4.53. The Bertz CT molecular complexity index is 636. The molecule has 2 rings (SSSR count). The second-order valence-corrected chi connectivity index (χ2v) is 5.71. The molecule has 0 spiro atoms. The van der Waals surface area contributed by atoms with Crippen molar-refractivity contribution in [2.24, 2.45) is 0 Å². The van der Waals surface area contributed by atoms with Crippen LogP contribution in [-0.2, 0) is 6.42 Å². The first-order valence-electron chi connectivity index (χ1n) is 7.51. The van der Waals surface area contributed by atoms with Crippen LogP contribution in [0.25, 0.3) is 0 Å². The van der Waals surface area contributed by atoms with Crippen molar-refractivity contribution in [3.8, 4) is 5.75 Å². The van der Waals surface area contributed by atoms with Gasteiger partial charge in [-0.05, 0) is 49.1 Å². The lowest BCUT2D eigenvalue weighted by molar-refractivity contribution is 0.224. The Morgan fingerprint density at radius 1 is 1.09 bits per heavy atom. The van der Waals surface area contributed by atoms with Gasteiger partial charge in [-0.15, -0.1) is 0 Å².